The van der Waals surface area contributed by atoms with E-state index in [1.165, 1.54) is 19.3 Å². The van der Waals surface area contributed by atoms with Crippen molar-refractivity contribution >= 4 is 5.91 Å². The first-order valence-corrected chi connectivity index (χ1v) is 10.1. The number of hydrogen-bond donors (Lipinski definition) is 2. The third-order valence-corrected chi connectivity index (χ3v) is 5.47. The SMILES string of the molecule is COc1cc(CNC(C)C(C)(C)C)ccc1OCC(=O)NC1CCCCC1. The Hall–Kier alpha value is -1.75. The minimum absolute atomic E-state index is 0.0194. The number of carbonyl (C=O) groups is 1. The van der Waals surface area contributed by atoms with E-state index in [1.807, 2.05) is 18.2 Å². The molecule has 2 N–H and O–H groups in total. The van der Waals surface area contributed by atoms with Crippen molar-refractivity contribution in [2.75, 3.05) is 13.7 Å². The van der Waals surface area contributed by atoms with Crippen molar-refractivity contribution in [1.29, 1.82) is 0 Å². The molecule has 1 unspecified atom stereocenters. The van der Waals surface area contributed by atoms with Crippen molar-refractivity contribution in [1.82, 2.24) is 10.6 Å². The van der Waals surface area contributed by atoms with Crippen LogP contribution in [-0.4, -0.2) is 31.7 Å². The molecule has 27 heavy (non-hydrogen) atoms. The third kappa shape index (κ3) is 7.06. The van der Waals surface area contributed by atoms with E-state index in [9.17, 15) is 4.79 Å². The largest absolute Gasteiger partial charge is 0.493 e. The molecule has 0 spiro atoms. The van der Waals surface area contributed by atoms with Gasteiger partial charge in [0.1, 0.15) is 0 Å². The first kappa shape index (κ1) is 21.5. The van der Waals surface area contributed by atoms with Crippen molar-refractivity contribution in [2.24, 2.45) is 5.41 Å². The second kappa shape index (κ2) is 9.98. The molecule has 5 nitrogen and oxygen atoms in total. The van der Waals surface area contributed by atoms with Crippen LogP contribution in [0.25, 0.3) is 0 Å². The molecule has 5 heteroatoms. The summed E-state index contributed by atoms with van der Waals surface area (Å²) in [6, 6.07) is 6.56. The summed E-state index contributed by atoms with van der Waals surface area (Å²) >= 11 is 0. The van der Waals surface area contributed by atoms with Crippen LogP contribution in [0.15, 0.2) is 18.2 Å². The van der Waals surface area contributed by atoms with Gasteiger partial charge in [0, 0.05) is 18.6 Å². The Morgan fingerprint density at radius 2 is 1.89 bits per heavy atom. The topological polar surface area (TPSA) is 59.6 Å². The summed E-state index contributed by atoms with van der Waals surface area (Å²) in [6.07, 6.45) is 5.81. The van der Waals surface area contributed by atoms with Crippen LogP contribution < -0.4 is 20.1 Å². The molecule has 1 amide bonds. The summed E-state index contributed by atoms with van der Waals surface area (Å²) in [5.41, 5.74) is 1.33. The Kier molecular flexibility index (Phi) is 7.96. The van der Waals surface area contributed by atoms with Crippen molar-refractivity contribution in [3.63, 3.8) is 0 Å². The lowest BCUT2D eigenvalue weighted by molar-refractivity contribution is -0.124. The molecule has 1 fully saturated rings. The maximum Gasteiger partial charge on any atom is 0.258 e. The molecule has 2 rings (SSSR count). The van der Waals surface area contributed by atoms with E-state index < -0.39 is 0 Å². The highest BCUT2D eigenvalue weighted by Gasteiger charge is 2.19. The second-order valence-electron chi connectivity index (χ2n) is 8.64. The van der Waals surface area contributed by atoms with Gasteiger partial charge in [-0.05, 0) is 42.9 Å². The minimum Gasteiger partial charge on any atom is -0.493 e. The van der Waals surface area contributed by atoms with E-state index >= 15 is 0 Å². The number of benzene rings is 1. The number of ether oxygens (including phenoxy) is 2. The molecule has 1 saturated carbocycles. The normalized spacial score (nSPS) is 16.6. The molecule has 0 aromatic heterocycles. The van der Waals surface area contributed by atoms with Crippen LogP contribution in [0.3, 0.4) is 0 Å². The maximum atomic E-state index is 12.1. The van der Waals surface area contributed by atoms with Gasteiger partial charge in [-0.25, -0.2) is 0 Å². The molecule has 0 aliphatic heterocycles. The highest BCUT2D eigenvalue weighted by Crippen LogP contribution is 2.28. The van der Waals surface area contributed by atoms with Gasteiger partial charge in [-0.2, -0.15) is 0 Å². The lowest BCUT2D eigenvalue weighted by Gasteiger charge is -2.28. The summed E-state index contributed by atoms with van der Waals surface area (Å²) in [7, 11) is 1.62. The maximum absolute atomic E-state index is 12.1. The van der Waals surface area contributed by atoms with Crippen LogP contribution in [0.5, 0.6) is 11.5 Å². The van der Waals surface area contributed by atoms with E-state index in [0.717, 1.165) is 24.9 Å². The molecule has 1 aromatic carbocycles. The molecular formula is C22H36N2O3. The smallest absolute Gasteiger partial charge is 0.258 e. The zero-order valence-corrected chi connectivity index (χ0v) is 17.6. The lowest BCUT2D eigenvalue weighted by Crippen LogP contribution is -2.39. The Morgan fingerprint density at radius 3 is 2.52 bits per heavy atom. The molecule has 1 aliphatic carbocycles. The number of methoxy groups -OCH3 is 1. The summed E-state index contributed by atoms with van der Waals surface area (Å²) in [5.74, 6) is 1.20. The fraction of sp³-hybridized carbons (Fsp3) is 0.682. The summed E-state index contributed by atoms with van der Waals surface area (Å²) < 4.78 is 11.2. The highest BCUT2D eigenvalue weighted by molar-refractivity contribution is 5.78. The third-order valence-electron chi connectivity index (χ3n) is 5.47. The summed E-state index contributed by atoms with van der Waals surface area (Å²) in [6.45, 7) is 9.64. The minimum atomic E-state index is -0.0614. The second-order valence-corrected chi connectivity index (χ2v) is 8.64. The van der Waals surface area contributed by atoms with Gasteiger partial charge in [0.2, 0.25) is 0 Å². The fourth-order valence-corrected chi connectivity index (χ4v) is 3.18. The van der Waals surface area contributed by atoms with Gasteiger partial charge in [-0.15, -0.1) is 0 Å². The Bertz CT molecular complexity index is 604. The van der Waals surface area contributed by atoms with Crippen LogP contribution in [0.2, 0.25) is 0 Å². The van der Waals surface area contributed by atoms with E-state index in [0.29, 0.717) is 23.6 Å². The number of carbonyl (C=O) groups excluding carboxylic acids is 1. The van der Waals surface area contributed by atoms with Crippen LogP contribution in [-0.2, 0) is 11.3 Å². The molecule has 0 bridgehead atoms. The molecule has 1 aliphatic rings. The van der Waals surface area contributed by atoms with E-state index in [1.54, 1.807) is 7.11 Å². The lowest BCUT2D eigenvalue weighted by atomic mass is 9.88. The molecule has 152 valence electrons. The van der Waals surface area contributed by atoms with Crippen molar-refractivity contribution in [3.8, 4) is 11.5 Å². The highest BCUT2D eigenvalue weighted by atomic mass is 16.5. The molecule has 0 saturated heterocycles. The van der Waals surface area contributed by atoms with Gasteiger partial charge in [0.25, 0.3) is 5.91 Å². The van der Waals surface area contributed by atoms with Crippen molar-refractivity contribution in [3.05, 3.63) is 23.8 Å². The average Bonchev–Trinajstić information content (AvgIpc) is 2.64. The summed E-state index contributed by atoms with van der Waals surface area (Å²) in [4.78, 5) is 12.1. The first-order valence-electron chi connectivity index (χ1n) is 10.1. The van der Waals surface area contributed by atoms with Crippen molar-refractivity contribution in [2.45, 2.75) is 78.4 Å². The van der Waals surface area contributed by atoms with Gasteiger partial charge in [0.15, 0.2) is 18.1 Å². The Labute approximate surface area is 164 Å². The standard InChI is InChI=1S/C22H36N2O3/c1-16(22(2,3)4)23-14-17-11-12-19(20(13-17)26-5)27-15-21(25)24-18-9-7-6-8-10-18/h11-13,16,18,23H,6-10,14-15H2,1-5H3,(H,24,25). The van der Waals surface area contributed by atoms with E-state index in [4.69, 9.17) is 9.47 Å². The first-order chi connectivity index (χ1) is 12.8. The van der Waals surface area contributed by atoms with Gasteiger partial charge >= 0.3 is 0 Å². The predicted octanol–water partition coefficient (Wildman–Crippen LogP) is 4.05. The molecule has 0 heterocycles. The van der Waals surface area contributed by atoms with Gasteiger partial charge in [-0.1, -0.05) is 46.1 Å². The van der Waals surface area contributed by atoms with E-state index in [2.05, 4.69) is 38.3 Å². The monoisotopic (exact) mass is 376 g/mol. The fourth-order valence-electron chi connectivity index (χ4n) is 3.18. The number of hydrogen-bond acceptors (Lipinski definition) is 4. The van der Waals surface area contributed by atoms with Crippen molar-refractivity contribution < 1.29 is 14.3 Å². The molecule has 1 aromatic rings. The van der Waals surface area contributed by atoms with E-state index in [-0.39, 0.29) is 17.9 Å². The van der Waals surface area contributed by atoms with Crippen LogP contribution >= 0.6 is 0 Å². The number of rotatable bonds is 8. The van der Waals surface area contributed by atoms with Crippen LogP contribution in [0.4, 0.5) is 0 Å². The predicted molar refractivity (Wildman–Crippen MR) is 109 cm³/mol. The number of amides is 1. The molecule has 0 radical (unpaired) electrons. The van der Waals surface area contributed by atoms with Gasteiger partial charge in [-0.3, -0.25) is 4.79 Å². The quantitative estimate of drug-likeness (QED) is 0.719. The average molecular weight is 377 g/mol. The summed E-state index contributed by atoms with van der Waals surface area (Å²) in [5, 5.41) is 6.61. The Balaban J connectivity index is 1.86. The molecular weight excluding hydrogens is 340 g/mol. The van der Waals surface area contributed by atoms with Gasteiger partial charge in [0.05, 0.1) is 7.11 Å². The Morgan fingerprint density at radius 1 is 1.19 bits per heavy atom. The zero-order valence-electron chi connectivity index (χ0n) is 17.6. The van der Waals surface area contributed by atoms with Gasteiger partial charge < -0.3 is 20.1 Å². The zero-order chi connectivity index (χ0) is 19.9. The van der Waals surface area contributed by atoms with Crippen LogP contribution in [0, 0.1) is 5.41 Å². The van der Waals surface area contributed by atoms with Crippen LogP contribution in [0.1, 0.15) is 65.4 Å². The number of nitrogens with one attached hydrogen (secondary N) is 2. The molecule has 1 atom stereocenters.